The van der Waals surface area contributed by atoms with E-state index in [0.717, 1.165) is 61.1 Å². The second-order valence-corrected chi connectivity index (χ2v) is 11.5. The molecule has 38 heavy (non-hydrogen) atoms. The molecule has 1 aliphatic heterocycles. The van der Waals surface area contributed by atoms with E-state index in [-0.39, 0.29) is 21.9 Å². The first-order valence-electron chi connectivity index (χ1n) is 13.0. The van der Waals surface area contributed by atoms with Crippen molar-refractivity contribution in [3.8, 4) is 5.88 Å². The highest BCUT2D eigenvalue weighted by Crippen LogP contribution is 2.40. The molecule has 6 rings (SSSR count). The zero-order valence-corrected chi connectivity index (χ0v) is 22.5. The normalized spacial score (nSPS) is 17.7. The predicted molar refractivity (Wildman–Crippen MR) is 152 cm³/mol. The summed E-state index contributed by atoms with van der Waals surface area (Å²) in [4.78, 5) is 16.3. The fraction of sp³-hybridized carbons (Fsp3) is 0.300. The quantitative estimate of drug-likeness (QED) is 0.289. The third kappa shape index (κ3) is 4.86. The Labute approximate surface area is 231 Å². The number of ether oxygens (including phenoxy) is 1. The molecule has 0 amide bonds. The Hall–Kier alpha value is -3.13. The SMILES string of the molecule is O=c1[nH]n(C(c2ccccc2)c2ccc(N3CCOC4(CCCC4)C3)cc2)c(O)c1Sc1ccccc1Cl. The average molecular weight is 548 g/mol. The van der Waals surface area contributed by atoms with Crippen molar-refractivity contribution >= 4 is 29.1 Å². The maximum atomic E-state index is 13.0. The number of morpholine rings is 1. The average Bonchev–Trinajstić information content (AvgIpc) is 3.50. The Morgan fingerprint density at radius 3 is 2.37 bits per heavy atom. The largest absolute Gasteiger partial charge is 0.493 e. The van der Waals surface area contributed by atoms with Crippen molar-refractivity contribution in [2.24, 2.45) is 0 Å². The van der Waals surface area contributed by atoms with Gasteiger partial charge in [-0.25, -0.2) is 4.68 Å². The molecule has 2 N–H and O–H groups in total. The summed E-state index contributed by atoms with van der Waals surface area (Å²) in [6.45, 7) is 2.54. The molecule has 1 saturated carbocycles. The lowest BCUT2D eigenvalue weighted by atomic mass is 9.97. The van der Waals surface area contributed by atoms with Crippen molar-refractivity contribution < 1.29 is 9.84 Å². The van der Waals surface area contributed by atoms with Crippen LogP contribution in [0.4, 0.5) is 5.69 Å². The first-order valence-corrected chi connectivity index (χ1v) is 14.2. The maximum absolute atomic E-state index is 13.0. The Balaban J connectivity index is 1.34. The topological polar surface area (TPSA) is 70.5 Å². The number of hydrogen-bond acceptors (Lipinski definition) is 5. The van der Waals surface area contributed by atoms with Gasteiger partial charge < -0.3 is 14.7 Å². The van der Waals surface area contributed by atoms with Crippen LogP contribution >= 0.6 is 23.4 Å². The van der Waals surface area contributed by atoms with Crippen LogP contribution in [0.25, 0.3) is 0 Å². The van der Waals surface area contributed by atoms with Crippen molar-refractivity contribution in [2.75, 3.05) is 24.6 Å². The number of aromatic amines is 1. The van der Waals surface area contributed by atoms with E-state index in [2.05, 4.69) is 34.3 Å². The van der Waals surface area contributed by atoms with Gasteiger partial charge >= 0.3 is 0 Å². The van der Waals surface area contributed by atoms with Crippen LogP contribution in [-0.4, -0.2) is 40.2 Å². The number of halogens is 1. The summed E-state index contributed by atoms with van der Waals surface area (Å²) in [6.07, 6.45) is 4.74. The number of nitrogens with one attached hydrogen (secondary N) is 1. The number of aromatic nitrogens is 2. The lowest BCUT2D eigenvalue weighted by Crippen LogP contribution is -2.50. The number of benzene rings is 3. The second kappa shape index (κ2) is 10.6. The molecule has 1 saturated heterocycles. The fourth-order valence-electron chi connectivity index (χ4n) is 5.72. The molecule has 4 aromatic rings. The number of nitrogens with zero attached hydrogens (tertiary/aromatic N) is 2. The fourth-order valence-corrected chi connectivity index (χ4v) is 6.83. The van der Waals surface area contributed by atoms with E-state index in [4.69, 9.17) is 16.3 Å². The van der Waals surface area contributed by atoms with E-state index in [9.17, 15) is 9.90 Å². The molecule has 2 aliphatic rings. The monoisotopic (exact) mass is 547 g/mol. The molecule has 0 bridgehead atoms. The van der Waals surface area contributed by atoms with Gasteiger partial charge in [0.25, 0.3) is 5.56 Å². The highest BCUT2D eigenvalue weighted by atomic mass is 35.5. The van der Waals surface area contributed by atoms with E-state index in [1.807, 2.05) is 48.5 Å². The molecular weight excluding hydrogens is 518 g/mol. The van der Waals surface area contributed by atoms with Crippen LogP contribution in [0.2, 0.25) is 5.02 Å². The highest BCUT2D eigenvalue weighted by molar-refractivity contribution is 7.99. The number of rotatable bonds is 6. The molecule has 2 fully saturated rings. The minimum absolute atomic E-state index is 0.00434. The lowest BCUT2D eigenvalue weighted by molar-refractivity contribution is -0.0501. The van der Waals surface area contributed by atoms with Crippen LogP contribution in [0.1, 0.15) is 42.9 Å². The van der Waals surface area contributed by atoms with Crippen molar-refractivity contribution in [2.45, 2.75) is 47.1 Å². The molecular formula is C30H30ClN3O3S. The van der Waals surface area contributed by atoms with Gasteiger partial charge in [-0.3, -0.25) is 9.89 Å². The Bertz CT molecular complexity index is 1460. The Kier molecular flexibility index (Phi) is 6.99. The minimum atomic E-state index is -0.413. The molecule has 1 aromatic heterocycles. The van der Waals surface area contributed by atoms with E-state index in [1.165, 1.54) is 12.8 Å². The molecule has 1 aliphatic carbocycles. The van der Waals surface area contributed by atoms with Gasteiger partial charge in [-0.05, 0) is 48.2 Å². The summed E-state index contributed by atoms with van der Waals surface area (Å²) in [5, 5.41) is 14.7. The summed E-state index contributed by atoms with van der Waals surface area (Å²) >= 11 is 7.49. The van der Waals surface area contributed by atoms with Gasteiger partial charge in [-0.1, -0.05) is 90.8 Å². The van der Waals surface area contributed by atoms with Crippen molar-refractivity contribution in [1.29, 1.82) is 0 Å². The van der Waals surface area contributed by atoms with Crippen LogP contribution in [0.15, 0.2) is 93.4 Å². The first-order chi connectivity index (χ1) is 18.5. The first kappa shape index (κ1) is 25.2. The Morgan fingerprint density at radius 2 is 1.63 bits per heavy atom. The van der Waals surface area contributed by atoms with Gasteiger partial charge in [0.05, 0.1) is 17.2 Å². The molecule has 6 nitrogen and oxygen atoms in total. The number of H-pyrrole nitrogens is 1. The number of hydrogen-bond donors (Lipinski definition) is 2. The van der Waals surface area contributed by atoms with E-state index in [1.54, 1.807) is 10.7 Å². The van der Waals surface area contributed by atoms with Crippen LogP contribution < -0.4 is 10.5 Å². The van der Waals surface area contributed by atoms with Crippen LogP contribution in [0.3, 0.4) is 0 Å². The van der Waals surface area contributed by atoms with Gasteiger partial charge in [0, 0.05) is 23.7 Å². The van der Waals surface area contributed by atoms with Gasteiger partial charge in [0.2, 0.25) is 5.88 Å². The van der Waals surface area contributed by atoms with Crippen molar-refractivity contribution in [1.82, 2.24) is 9.78 Å². The van der Waals surface area contributed by atoms with E-state index < -0.39 is 6.04 Å². The Morgan fingerprint density at radius 1 is 0.947 bits per heavy atom. The van der Waals surface area contributed by atoms with Crippen molar-refractivity contribution in [3.05, 3.63) is 105 Å². The minimum Gasteiger partial charge on any atom is -0.493 e. The summed E-state index contributed by atoms with van der Waals surface area (Å²) in [6, 6.07) is 25.2. The van der Waals surface area contributed by atoms with E-state index >= 15 is 0 Å². The molecule has 3 aromatic carbocycles. The van der Waals surface area contributed by atoms with Gasteiger partial charge in [-0.2, -0.15) is 0 Å². The molecule has 1 spiro atoms. The number of aromatic hydroxyl groups is 1. The molecule has 8 heteroatoms. The van der Waals surface area contributed by atoms with E-state index in [0.29, 0.717) is 9.92 Å². The zero-order valence-electron chi connectivity index (χ0n) is 21.0. The summed E-state index contributed by atoms with van der Waals surface area (Å²) in [5.41, 5.74) is 2.71. The molecule has 2 heterocycles. The zero-order chi connectivity index (χ0) is 26.1. The lowest BCUT2D eigenvalue weighted by Gasteiger charge is -2.41. The van der Waals surface area contributed by atoms with Gasteiger partial charge in [0.15, 0.2) is 0 Å². The third-order valence-corrected chi connectivity index (χ3v) is 9.21. The molecule has 196 valence electrons. The smallest absolute Gasteiger partial charge is 0.282 e. The van der Waals surface area contributed by atoms with Crippen LogP contribution in [0.5, 0.6) is 5.88 Å². The van der Waals surface area contributed by atoms with Crippen LogP contribution in [-0.2, 0) is 4.74 Å². The van der Waals surface area contributed by atoms with Crippen molar-refractivity contribution in [3.63, 3.8) is 0 Å². The summed E-state index contributed by atoms with van der Waals surface area (Å²) in [5.74, 6) is -0.116. The third-order valence-electron chi connectivity index (χ3n) is 7.62. The number of anilines is 1. The van der Waals surface area contributed by atoms with Gasteiger partial charge in [-0.15, -0.1) is 0 Å². The maximum Gasteiger partial charge on any atom is 0.282 e. The highest BCUT2D eigenvalue weighted by Gasteiger charge is 2.39. The molecule has 0 radical (unpaired) electrons. The standard InChI is InChI=1S/C30H30ClN3O3S/c31-24-10-4-5-11-25(24)38-27-28(35)32-34(29(27)36)26(21-8-2-1-3-9-21)22-12-14-23(15-13-22)33-18-19-37-30(20-33)16-6-7-17-30/h1-5,8-15,26,36H,6-7,16-20H2,(H,32,35). The molecule has 1 unspecified atom stereocenters. The molecule has 1 atom stereocenters. The second-order valence-electron chi connectivity index (χ2n) is 10.1. The summed E-state index contributed by atoms with van der Waals surface area (Å²) in [7, 11) is 0. The summed E-state index contributed by atoms with van der Waals surface area (Å²) < 4.78 is 7.77. The van der Waals surface area contributed by atoms with Crippen LogP contribution in [0, 0.1) is 0 Å². The van der Waals surface area contributed by atoms with Gasteiger partial charge in [0.1, 0.15) is 10.9 Å². The predicted octanol–water partition coefficient (Wildman–Crippen LogP) is 6.47.